The lowest BCUT2D eigenvalue weighted by atomic mass is 9.93. The van der Waals surface area contributed by atoms with Gasteiger partial charge in [0.15, 0.2) is 8.32 Å². The maximum Gasteiger partial charge on any atom is 0.326 e. The SMILES string of the molecule is C[C@@H]1OC(=O)[C@@H]2[C@H]1[C@H](CO)ON2Cc1cccc(Br)c1F.C[C@@H]1OC(=O)[C@@H]2[C@H]1[C@H](CO[Si](C)(C)C(C)(C)C)ON2Cc1cccc(Br)c1F. The number of rotatable bonds is 8. The van der Waals surface area contributed by atoms with Gasteiger partial charge in [0.05, 0.1) is 47.1 Å². The molecule has 0 saturated carbocycles. The van der Waals surface area contributed by atoms with Crippen LogP contribution in [0.2, 0.25) is 18.1 Å². The largest absolute Gasteiger partial charge is 0.461 e. The van der Waals surface area contributed by atoms with Gasteiger partial charge < -0.3 is 19.0 Å². The molecule has 49 heavy (non-hydrogen) atoms. The van der Waals surface area contributed by atoms with Gasteiger partial charge >= 0.3 is 11.9 Å². The third kappa shape index (κ3) is 7.85. The Balaban J connectivity index is 0.000000199. The number of hydroxylamine groups is 4. The highest BCUT2D eigenvalue weighted by Crippen LogP contribution is 2.42. The molecule has 2 aromatic rings. The Hall–Kier alpha value is -1.82. The summed E-state index contributed by atoms with van der Waals surface area (Å²) in [7, 11) is -1.96. The molecule has 4 aliphatic rings. The summed E-state index contributed by atoms with van der Waals surface area (Å²) in [5.41, 5.74) is 0.875. The molecule has 15 heteroatoms. The van der Waals surface area contributed by atoms with Crippen LogP contribution in [0.4, 0.5) is 8.78 Å². The number of halogens is 4. The molecule has 0 bridgehead atoms. The molecular weight excluding hydrogens is 790 g/mol. The van der Waals surface area contributed by atoms with Crippen molar-refractivity contribution in [2.45, 2.75) is 102 Å². The molecule has 4 fully saturated rings. The van der Waals surface area contributed by atoms with Gasteiger partial charge in [0, 0.05) is 11.1 Å². The Labute approximate surface area is 303 Å². The predicted octanol–water partition coefficient (Wildman–Crippen LogP) is 6.28. The van der Waals surface area contributed by atoms with Crippen molar-refractivity contribution in [3.05, 3.63) is 68.1 Å². The third-order valence-electron chi connectivity index (χ3n) is 10.2. The fraction of sp³-hybridized carbons (Fsp3) is 0.588. The summed E-state index contributed by atoms with van der Waals surface area (Å²) in [5.74, 6) is -1.81. The number of esters is 2. The summed E-state index contributed by atoms with van der Waals surface area (Å²) < 4.78 is 46.3. The highest BCUT2D eigenvalue weighted by atomic mass is 79.9. The molecular formula is C34H44Br2F2N2O8Si. The average molecular weight is 835 g/mol. The lowest BCUT2D eigenvalue weighted by Crippen LogP contribution is -2.44. The lowest BCUT2D eigenvalue weighted by Gasteiger charge is -2.37. The van der Waals surface area contributed by atoms with E-state index < -0.39 is 26.5 Å². The quantitative estimate of drug-likeness (QED) is 0.241. The summed E-state index contributed by atoms with van der Waals surface area (Å²) in [4.78, 5) is 36.1. The predicted molar refractivity (Wildman–Crippen MR) is 185 cm³/mol. The molecule has 4 aliphatic heterocycles. The molecule has 4 heterocycles. The normalized spacial score (nSPS) is 30.1. The number of carbonyl (C=O) groups excluding carboxylic acids is 2. The van der Waals surface area contributed by atoms with Crippen LogP contribution in [0.15, 0.2) is 45.3 Å². The molecule has 8 atom stereocenters. The lowest BCUT2D eigenvalue weighted by molar-refractivity contribution is -0.196. The molecule has 4 saturated heterocycles. The van der Waals surface area contributed by atoms with Crippen LogP contribution >= 0.6 is 31.9 Å². The van der Waals surface area contributed by atoms with Crippen LogP contribution in [-0.4, -0.2) is 85.2 Å². The van der Waals surface area contributed by atoms with E-state index in [1.165, 1.54) is 5.06 Å². The van der Waals surface area contributed by atoms with Crippen molar-refractivity contribution in [2.24, 2.45) is 11.8 Å². The van der Waals surface area contributed by atoms with Crippen LogP contribution in [0.3, 0.4) is 0 Å². The minimum absolute atomic E-state index is 0.0811. The van der Waals surface area contributed by atoms with Crippen molar-refractivity contribution < 1.29 is 47.1 Å². The first-order valence-electron chi connectivity index (χ1n) is 16.3. The highest BCUT2D eigenvalue weighted by molar-refractivity contribution is 9.10. The fourth-order valence-electron chi connectivity index (χ4n) is 6.49. The zero-order valence-electron chi connectivity index (χ0n) is 28.6. The average Bonchev–Trinajstić information content (AvgIpc) is 3.74. The van der Waals surface area contributed by atoms with E-state index in [2.05, 4.69) is 65.7 Å². The molecule has 0 aliphatic carbocycles. The van der Waals surface area contributed by atoms with Crippen molar-refractivity contribution in [2.75, 3.05) is 13.2 Å². The number of carbonyl (C=O) groups is 2. The first-order chi connectivity index (χ1) is 22.9. The zero-order chi connectivity index (χ0) is 36.0. The number of aliphatic hydroxyl groups excluding tert-OH is 1. The second-order valence-corrected chi connectivity index (χ2v) is 21.0. The van der Waals surface area contributed by atoms with E-state index in [9.17, 15) is 23.5 Å². The van der Waals surface area contributed by atoms with Crippen LogP contribution in [0, 0.1) is 23.5 Å². The van der Waals surface area contributed by atoms with Crippen molar-refractivity contribution in [3.8, 4) is 0 Å². The minimum Gasteiger partial charge on any atom is -0.461 e. The Bertz CT molecular complexity index is 1550. The van der Waals surface area contributed by atoms with Crippen LogP contribution in [0.1, 0.15) is 45.7 Å². The number of benzene rings is 2. The number of hydrogen-bond acceptors (Lipinski definition) is 10. The van der Waals surface area contributed by atoms with Gasteiger partial charge in [-0.25, -0.2) is 8.78 Å². The Morgan fingerprint density at radius 2 is 1.24 bits per heavy atom. The van der Waals surface area contributed by atoms with E-state index in [0.717, 1.165) is 0 Å². The van der Waals surface area contributed by atoms with Crippen LogP contribution < -0.4 is 0 Å². The molecule has 2 aromatic carbocycles. The van der Waals surface area contributed by atoms with E-state index in [-0.39, 0.29) is 78.5 Å². The van der Waals surface area contributed by atoms with Crippen molar-refractivity contribution in [1.29, 1.82) is 0 Å². The maximum atomic E-state index is 14.4. The van der Waals surface area contributed by atoms with Gasteiger partial charge in [-0.3, -0.25) is 19.3 Å². The second kappa shape index (κ2) is 15.0. The third-order valence-corrected chi connectivity index (χ3v) is 16.0. The molecule has 6 rings (SSSR count). The van der Waals surface area contributed by atoms with Gasteiger partial charge in [0.1, 0.15) is 48.1 Å². The van der Waals surface area contributed by atoms with Gasteiger partial charge in [-0.15, -0.1) is 0 Å². The number of ether oxygens (including phenoxy) is 2. The molecule has 0 radical (unpaired) electrons. The fourth-order valence-corrected chi connectivity index (χ4v) is 8.32. The maximum absolute atomic E-state index is 14.4. The van der Waals surface area contributed by atoms with Crippen molar-refractivity contribution in [3.63, 3.8) is 0 Å². The van der Waals surface area contributed by atoms with Gasteiger partial charge in [-0.05, 0) is 76.0 Å². The van der Waals surface area contributed by atoms with Crippen LogP contribution in [-0.2, 0) is 46.3 Å². The van der Waals surface area contributed by atoms with Crippen LogP contribution in [0.5, 0.6) is 0 Å². The number of fused-ring (bicyclic) bond motifs is 2. The van der Waals surface area contributed by atoms with Gasteiger partial charge in [-0.2, -0.15) is 10.1 Å². The molecule has 10 nitrogen and oxygen atoms in total. The Kier molecular flexibility index (Phi) is 11.8. The van der Waals surface area contributed by atoms with Gasteiger partial charge in [-0.1, -0.05) is 45.0 Å². The van der Waals surface area contributed by atoms with E-state index in [4.69, 9.17) is 23.6 Å². The molecule has 0 amide bonds. The molecule has 270 valence electrons. The second-order valence-electron chi connectivity index (χ2n) is 14.4. The van der Waals surface area contributed by atoms with Gasteiger partial charge in [0.2, 0.25) is 0 Å². The molecule has 0 unspecified atom stereocenters. The summed E-state index contributed by atoms with van der Waals surface area (Å²) in [6, 6.07) is 8.93. The molecule has 0 aromatic heterocycles. The summed E-state index contributed by atoms with van der Waals surface area (Å²) in [5, 5.41) is 12.5. The summed E-state index contributed by atoms with van der Waals surface area (Å²) >= 11 is 6.34. The molecule has 0 spiro atoms. The Morgan fingerprint density at radius 3 is 1.67 bits per heavy atom. The minimum atomic E-state index is -1.96. The Morgan fingerprint density at radius 1 is 0.816 bits per heavy atom. The van der Waals surface area contributed by atoms with Crippen LogP contribution in [0.25, 0.3) is 0 Å². The van der Waals surface area contributed by atoms with E-state index in [0.29, 0.717) is 26.7 Å². The van der Waals surface area contributed by atoms with E-state index in [1.807, 2.05) is 6.92 Å². The summed E-state index contributed by atoms with van der Waals surface area (Å²) in [6.45, 7) is 15.1. The number of cyclic esters (lactones) is 2. The number of nitrogens with zero attached hydrogens (tertiary/aromatic N) is 2. The van der Waals surface area contributed by atoms with Crippen molar-refractivity contribution >= 4 is 52.1 Å². The number of aliphatic hydroxyl groups is 1. The van der Waals surface area contributed by atoms with E-state index in [1.54, 1.807) is 48.4 Å². The first kappa shape index (κ1) is 38.4. The van der Waals surface area contributed by atoms with E-state index >= 15 is 0 Å². The topological polar surface area (TPSA) is 107 Å². The first-order valence-corrected chi connectivity index (χ1v) is 20.8. The standard InChI is InChI=1S/C20H29BrFNO4Si.C14H15BrFNO4/c1-12-16-15(11-25-28(5,6)20(2,3)4)27-23(18(16)19(24)26-12)10-13-8-7-9-14(21)17(13)22;1-7-11-10(6-18)21-17(13(11)14(19)20-7)5-8-3-2-4-9(15)12(8)16/h7-9,12,15-16,18H,10-11H2,1-6H3;2-4,7,10-11,13,18H,5-6H2,1H3/t12-,15-,16+,18-;7-,10-,11+,13-/m00/s1. The number of hydrogen-bond donors (Lipinski definition) is 1. The monoisotopic (exact) mass is 832 g/mol. The summed E-state index contributed by atoms with van der Waals surface area (Å²) in [6.07, 6.45) is -1.39. The van der Waals surface area contributed by atoms with Gasteiger partial charge in [0.25, 0.3) is 0 Å². The highest BCUT2D eigenvalue weighted by Gasteiger charge is 2.57. The molecule has 1 N–H and O–H groups in total. The zero-order valence-corrected chi connectivity index (χ0v) is 32.8. The smallest absolute Gasteiger partial charge is 0.326 e. The van der Waals surface area contributed by atoms with Crippen molar-refractivity contribution in [1.82, 2.24) is 10.1 Å².